The molecule has 1 aromatic heterocycles. The van der Waals surface area contributed by atoms with Gasteiger partial charge in [-0.1, -0.05) is 0 Å². The zero-order valence-electron chi connectivity index (χ0n) is 8.14. The largest absolute Gasteiger partial charge is 0.479 e. The van der Waals surface area contributed by atoms with Gasteiger partial charge in [0.2, 0.25) is 0 Å². The van der Waals surface area contributed by atoms with Gasteiger partial charge in [-0.25, -0.2) is 4.79 Å². The fourth-order valence-corrected chi connectivity index (χ4v) is 1.12. The second kappa shape index (κ2) is 5.53. The summed E-state index contributed by atoms with van der Waals surface area (Å²) in [6.45, 7) is 0.0324. The zero-order chi connectivity index (χ0) is 12.1. The van der Waals surface area contributed by atoms with Crippen LogP contribution in [-0.2, 0) is 4.79 Å². The number of aliphatic carboxylic acids is 1. The first-order valence-electron chi connectivity index (χ1n) is 4.45. The van der Waals surface area contributed by atoms with Crippen molar-refractivity contribution in [2.75, 3.05) is 6.54 Å². The van der Waals surface area contributed by atoms with Crippen molar-refractivity contribution in [1.29, 1.82) is 0 Å². The van der Waals surface area contributed by atoms with E-state index < -0.39 is 18.0 Å². The SMILES string of the molecule is O=C(NCC[C@H](O)C(=O)O)c1ccc(Cl)o1. The molecule has 0 aromatic carbocycles. The first-order chi connectivity index (χ1) is 7.50. The molecule has 6 nitrogen and oxygen atoms in total. The van der Waals surface area contributed by atoms with E-state index in [2.05, 4.69) is 5.32 Å². The molecule has 0 unspecified atom stereocenters. The maximum Gasteiger partial charge on any atom is 0.332 e. The second-order valence-electron chi connectivity index (χ2n) is 3.00. The lowest BCUT2D eigenvalue weighted by molar-refractivity contribution is -0.146. The van der Waals surface area contributed by atoms with Crippen LogP contribution in [0.1, 0.15) is 17.0 Å². The molecule has 1 heterocycles. The minimum Gasteiger partial charge on any atom is -0.479 e. The van der Waals surface area contributed by atoms with E-state index in [0.717, 1.165) is 0 Å². The molecule has 0 aliphatic rings. The van der Waals surface area contributed by atoms with Crippen LogP contribution in [0.4, 0.5) is 0 Å². The van der Waals surface area contributed by atoms with Crippen molar-refractivity contribution in [1.82, 2.24) is 5.32 Å². The highest BCUT2D eigenvalue weighted by molar-refractivity contribution is 6.29. The molecule has 1 atom stereocenters. The smallest absolute Gasteiger partial charge is 0.332 e. The molecule has 0 radical (unpaired) electrons. The molecule has 0 bridgehead atoms. The lowest BCUT2D eigenvalue weighted by atomic mass is 10.2. The van der Waals surface area contributed by atoms with Crippen LogP contribution in [0.5, 0.6) is 0 Å². The lowest BCUT2D eigenvalue weighted by Crippen LogP contribution is -2.29. The van der Waals surface area contributed by atoms with Crippen LogP contribution in [0.3, 0.4) is 0 Å². The summed E-state index contributed by atoms with van der Waals surface area (Å²) in [5, 5.41) is 19.8. The van der Waals surface area contributed by atoms with Crippen molar-refractivity contribution < 1.29 is 24.2 Å². The highest BCUT2D eigenvalue weighted by Crippen LogP contribution is 2.12. The third kappa shape index (κ3) is 3.56. The highest BCUT2D eigenvalue weighted by Gasteiger charge is 2.14. The van der Waals surface area contributed by atoms with Crippen LogP contribution >= 0.6 is 11.6 Å². The van der Waals surface area contributed by atoms with E-state index in [-0.39, 0.29) is 23.9 Å². The molecular formula is C9H10ClNO5. The van der Waals surface area contributed by atoms with E-state index in [1.807, 2.05) is 0 Å². The van der Waals surface area contributed by atoms with Gasteiger partial charge in [-0.15, -0.1) is 0 Å². The summed E-state index contributed by atoms with van der Waals surface area (Å²) in [6.07, 6.45) is -1.56. The van der Waals surface area contributed by atoms with Crippen molar-refractivity contribution in [2.45, 2.75) is 12.5 Å². The minimum absolute atomic E-state index is 0.0324. The van der Waals surface area contributed by atoms with E-state index in [9.17, 15) is 9.59 Å². The van der Waals surface area contributed by atoms with E-state index in [1.165, 1.54) is 12.1 Å². The van der Waals surface area contributed by atoms with Crippen molar-refractivity contribution in [3.05, 3.63) is 23.1 Å². The molecule has 0 saturated carbocycles. The standard InChI is InChI=1S/C9H10ClNO5/c10-7-2-1-6(16-7)8(13)11-4-3-5(12)9(14)15/h1-2,5,12H,3-4H2,(H,11,13)(H,14,15)/t5-/m0/s1. The molecule has 0 aliphatic carbocycles. The van der Waals surface area contributed by atoms with Gasteiger partial charge >= 0.3 is 5.97 Å². The number of rotatable bonds is 5. The summed E-state index contributed by atoms with van der Waals surface area (Å²) in [7, 11) is 0. The average molecular weight is 248 g/mol. The maximum absolute atomic E-state index is 11.3. The Morgan fingerprint density at radius 2 is 2.19 bits per heavy atom. The fraction of sp³-hybridized carbons (Fsp3) is 0.333. The van der Waals surface area contributed by atoms with Crippen LogP contribution in [0, 0.1) is 0 Å². The first kappa shape index (κ1) is 12.5. The summed E-state index contributed by atoms with van der Waals surface area (Å²) in [5.41, 5.74) is 0. The molecule has 0 spiro atoms. The van der Waals surface area contributed by atoms with Crippen molar-refractivity contribution >= 4 is 23.5 Å². The Labute approximate surface area is 95.8 Å². The molecule has 0 saturated heterocycles. The minimum atomic E-state index is -1.49. The normalized spacial score (nSPS) is 12.1. The number of carbonyl (C=O) groups excluding carboxylic acids is 1. The highest BCUT2D eigenvalue weighted by atomic mass is 35.5. The van der Waals surface area contributed by atoms with Crippen molar-refractivity contribution in [2.24, 2.45) is 0 Å². The number of carboxylic acid groups (broad SMARTS) is 1. The number of furan rings is 1. The number of amides is 1. The van der Waals surface area contributed by atoms with Crippen LogP contribution in [0.2, 0.25) is 5.22 Å². The molecule has 3 N–H and O–H groups in total. The zero-order valence-corrected chi connectivity index (χ0v) is 8.90. The number of hydrogen-bond donors (Lipinski definition) is 3. The molecule has 16 heavy (non-hydrogen) atoms. The van der Waals surface area contributed by atoms with Gasteiger partial charge in [0.05, 0.1) is 0 Å². The number of carbonyl (C=O) groups is 2. The van der Waals surface area contributed by atoms with E-state index in [1.54, 1.807) is 0 Å². The third-order valence-electron chi connectivity index (χ3n) is 1.79. The summed E-state index contributed by atoms with van der Waals surface area (Å²) >= 11 is 5.47. The van der Waals surface area contributed by atoms with Gasteiger partial charge in [0.15, 0.2) is 17.1 Å². The number of hydrogen-bond acceptors (Lipinski definition) is 4. The summed E-state index contributed by atoms with van der Waals surface area (Å²) < 4.78 is 4.82. The van der Waals surface area contributed by atoms with Crippen LogP contribution in [0.15, 0.2) is 16.5 Å². The Morgan fingerprint density at radius 1 is 1.50 bits per heavy atom. The molecule has 1 aromatic rings. The molecule has 0 aliphatic heterocycles. The maximum atomic E-state index is 11.3. The fourth-order valence-electron chi connectivity index (χ4n) is 0.969. The van der Waals surface area contributed by atoms with Gasteiger partial charge < -0.3 is 19.9 Å². The van der Waals surface area contributed by atoms with Crippen LogP contribution in [0.25, 0.3) is 0 Å². The Hall–Kier alpha value is -1.53. The van der Waals surface area contributed by atoms with Crippen molar-refractivity contribution in [3.8, 4) is 0 Å². The molecular weight excluding hydrogens is 238 g/mol. The summed E-state index contributed by atoms with van der Waals surface area (Å²) in [4.78, 5) is 21.6. The van der Waals surface area contributed by atoms with E-state index >= 15 is 0 Å². The van der Waals surface area contributed by atoms with E-state index in [0.29, 0.717) is 0 Å². The quantitative estimate of drug-likeness (QED) is 0.704. The number of carboxylic acids is 1. The lowest BCUT2D eigenvalue weighted by Gasteiger charge is -2.05. The molecule has 1 amide bonds. The number of aliphatic hydroxyl groups excluding tert-OH is 1. The Bertz CT molecular complexity index is 389. The topological polar surface area (TPSA) is 99.8 Å². The van der Waals surface area contributed by atoms with Gasteiger partial charge in [-0.2, -0.15) is 0 Å². The summed E-state index contributed by atoms with van der Waals surface area (Å²) in [6, 6.07) is 2.81. The Morgan fingerprint density at radius 3 is 2.69 bits per heavy atom. The monoisotopic (exact) mass is 247 g/mol. The van der Waals surface area contributed by atoms with Crippen LogP contribution in [-0.4, -0.2) is 34.7 Å². The van der Waals surface area contributed by atoms with Crippen molar-refractivity contribution in [3.63, 3.8) is 0 Å². The molecule has 0 fully saturated rings. The number of aliphatic hydroxyl groups is 1. The number of nitrogens with one attached hydrogen (secondary N) is 1. The second-order valence-corrected chi connectivity index (χ2v) is 3.37. The van der Waals surface area contributed by atoms with Gasteiger partial charge in [0.25, 0.3) is 5.91 Å². The van der Waals surface area contributed by atoms with Gasteiger partial charge in [0, 0.05) is 13.0 Å². The molecule has 7 heteroatoms. The number of halogens is 1. The summed E-state index contributed by atoms with van der Waals surface area (Å²) in [5.74, 6) is -1.80. The van der Waals surface area contributed by atoms with Gasteiger partial charge in [-0.05, 0) is 23.7 Å². The van der Waals surface area contributed by atoms with Gasteiger partial charge in [0.1, 0.15) is 0 Å². The van der Waals surface area contributed by atoms with Gasteiger partial charge in [-0.3, -0.25) is 4.79 Å². The predicted molar refractivity (Wildman–Crippen MR) is 54.3 cm³/mol. The van der Waals surface area contributed by atoms with E-state index in [4.69, 9.17) is 26.2 Å². The average Bonchev–Trinajstić information content (AvgIpc) is 2.64. The third-order valence-corrected chi connectivity index (χ3v) is 1.99. The molecule has 88 valence electrons. The first-order valence-corrected chi connectivity index (χ1v) is 4.83. The molecule has 1 rings (SSSR count). The van der Waals surface area contributed by atoms with Crippen LogP contribution < -0.4 is 5.32 Å². The predicted octanol–water partition coefficient (Wildman–Crippen LogP) is 0.498. The Balaban J connectivity index is 2.34. The Kier molecular flexibility index (Phi) is 4.33.